The van der Waals surface area contributed by atoms with E-state index in [-0.39, 0.29) is 12.0 Å². The van der Waals surface area contributed by atoms with Crippen molar-refractivity contribution in [3.8, 4) is 17.0 Å². The molecule has 0 unspecified atom stereocenters. The van der Waals surface area contributed by atoms with Crippen LogP contribution < -0.4 is 15.5 Å². The number of anilines is 2. The Balaban J connectivity index is 1.61. The van der Waals surface area contributed by atoms with Gasteiger partial charge in [-0.15, -0.1) is 11.3 Å². The van der Waals surface area contributed by atoms with Gasteiger partial charge in [-0.1, -0.05) is 23.7 Å². The van der Waals surface area contributed by atoms with E-state index in [4.69, 9.17) is 16.3 Å². The molecule has 1 amide bonds. The summed E-state index contributed by atoms with van der Waals surface area (Å²) < 4.78 is 5.62. The van der Waals surface area contributed by atoms with Gasteiger partial charge in [0, 0.05) is 23.6 Å². The third kappa shape index (κ3) is 6.04. The molecule has 2 N–H and O–H groups in total. The van der Waals surface area contributed by atoms with Gasteiger partial charge in [0.1, 0.15) is 5.75 Å². The van der Waals surface area contributed by atoms with Crippen molar-refractivity contribution in [2.24, 2.45) is 5.10 Å². The molecule has 0 saturated heterocycles. The largest absolute Gasteiger partial charge is 0.489 e. The Kier molecular flexibility index (Phi) is 6.85. The summed E-state index contributed by atoms with van der Waals surface area (Å²) in [5.74, 6) is 0.556. The number of hydrogen-bond acceptors (Lipinski definition) is 6. The molecule has 3 rings (SSSR count). The van der Waals surface area contributed by atoms with Gasteiger partial charge >= 0.3 is 0 Å². The first kappa shape index (κ1) is 20.8. The van der Waals surface area contributed by atoms with E-state index < -0.39 is 0 Å². The maximum absolute atomic E-state index is 11.1. The predicted octanol–water partition coefficient (Wildman–Crippen LogP) is 5.66. The molecule has 2 aromatic carbocycles. The van der Waals surface area contributed by atoms with E-state index in [1.807, 2.05) is 55.6 Å². The van der Waals surface area contributed by atoms with Crippen molar-refractivity contribution in [3.63, 3.8) is 0 Å². The van der Waals surface area contributed by atoms with Crippen LogP contribution in [-0.4, -0.2) is 23.2 Å². The van der Waals surface area contributed by atoms with Crippen LogP contribution in [0.1, 0.15) is 26.3 Å². The number of aromatic nitrogens is 1. The normalized spacial score (nSPS) is 11.1. The van der Waals surface area contributed by atoms with Crippen LogP contribution in [0.2, 0.25) is 5.02 Å². The van der Waals surface area contributed by atoms with Crippen molar-refractivity contribution in [1.29, 1.82) is 0 Å². The quantitative estimate of drug-likeness (QED) is 0.376. The van der Waals surface area contributed by atoms with Crippen LogP contribution >= 0.6 is 22.9 Å². The Hall–Kier alpha value is -2.90. The van der Waals surface area contributed by atoms with Crippen molar-refractivity contribution in [2.75, 3.05) is 10.7 Å². The van der Waals surface area contributed by atoms with Crippen molar-refractivity contribution < 1.29 is 9.53 Å². The zero-order chi connectivity index (χ0) is 20.8. The third-order valence-electron chi connectivity index (χ3n) is 3.70. The predicted molar refractivity (Wildman–Crippen MR) is 120 cm³/mol. The second-order valence-corrected chi connectivity index (χ2v) is 7.79. The summed E-state index contributed by atoms with van der Waals surface area (Å²) in [7, 11) is 0. The molecule has 1 heterocycles. The van der Waals surface area contributed by atoms with E-state index >= 15 is 0 Å². The van der Waals surface area contributed by atoms with Crippen LogP contribution in [0.5, 0.6) is 5.75 Å². The molecular formula is C21H21ClN4O2S. The Morgan fingerprint density at radius 1 is 1.24 bits per heavy atom. The highest BCUT2D eigenvalue weighted by molar-refractivity contribution is 7.14. The Labute approximate surface area is 178 Å². The number of carbonyl (C=O) groups is 1. The minimum atomic E-state index is -0.0980. The molecule has 0 atom stereocenters. The number of carbonyl (C=O) groups excluding carboxylic acids is 1. The van der Waals surface area contributed by atoms with Crippen LogP contribution in [0.4, 0.5) is 10.8 Å². The molecule has 0 bridgehead atoms. The minimum Gasteiger partial charge on any atom is -0.489 e. The zero-order valence-electron chi connectivity index (χ0n) is 16.3. The van der Waals surface area contributed by atoms with Crippen molar-refractivity contribution in [1.82, 2.24) is 4.98 Å². The first-order chi connectivity index (χ1) is 13.9. The van der Waals surface area contributed by atoms with Crippen molar-refractivity contribution in [3.05, 3.63) is 58.4 Å². The molecule has 8 heteroatoms. The van der Waals surface area contributed by atoms with Crippen LogP contribution in [-0.2, 0) is 4.79 Å². The summed E-state index contributed by atoms with van der Waals surface area (Å²) in [5, 5.41) is 10.1. The lowest BCUT2D eigenvalue weighted by Crippen LogP contribution is -2.05. The number of benzene rings is 2. The summed E-state index contributed by atoms with van der Waals surface area (Å²) in [6, 6.07) is 13.0. The van der Waals surface area contributed by atoms with E-state index in [2.05, 4.69) is 20.8 Å². The molecule has 0 radical (unpaired) electrons. The first-order valence-corrected chi connectivity index (χ1v) is 10.3. The Bertz CT molecular complexity index is 1020. The Morgan fingerprint density at radius 3 is 2.66 bits per heavy atom. The molecule has 1 aromatic heterocycles. The molecule has 150 valence electrons. The Morgan fingerprint density at radius 2 is 2.00 bits per heavy atom. The molecule has 0 aliphatic heterocycles. The van der Waals surface area contributed by atoms with Gasteiger partial charge in [-0.2, -0.15) is 5.10 Å². The van der Waals surface area contributed by atoms with E-state index in [9.17, 15) is 4.79 Å². The lowest BCUT2D eigenvalue weighted by atomic mass is 10.1. The molecule has 0 spiro atoms. The van der Waals surface area contributed by atoms with Crippen molar-refractivity contribution >= 4 is 45.9 Å². The van der Waals surface area contributed by atoms with E-state index in [1.54, 1.807) is 12.3 Å². The van der Waals surface area contributed by atoms with Gasteiger partial charge < -0.3 is 10.1 Å². The van der Waals surface area contributed by atoms with Gasteiger partial charge in [0.25, 0.3) is 0 Å². The molecule has 0 aliphatic carbocycles. The van der Waals surface area contributed by atoms with E-state index in [0.717, 1.165) is 22.5 Å². The van der Waals surface area contributed by atoms with Gasteiger partial charge in [0.2, 0.25) is 11.0 Å². The lowest BCUT2D eigenvalue weighted by molar-refractivity contribution is -0.114. The van der Waals surface area contributed by atoms with Gasteiger partial charge in [-0.05, 0) is 49.7 Å². The maximum Gasteiger partial charge on any atom is 0.221 e. The van der Waals surface area contributed by atoms with Crippen LogP contribution in [0, 0.1) is 0 Å². The average Bonchev–Trinajstić information content (AvgIpc) is 3.13. The van der Waals surface area contributed by atoms with Gasteiger partial charge in [0.05, 0.1) is 23.0 Å². The molecule has 29 heavy (non-hydrogen) atoms. The monoisotopic (exact) mass is 428 g/mol. The number of halogens is 1. The highest BCUT2D eigenvalue weighted by atomic mass is 35.5. The second kappa shape index (κ2) is 9.54. The number of rotatable bonds is 7. The smallest absolute Gasteiger partial charge is 0.221 e. The van der Waals surface area contributed by atoms with Gasteiger partial charge in [0.15, 0.2) is 0 Å². The maximum atomic E-state index is 11.1. The average molecular weight is 429 g/mol. The number of amides is 1. The first-order valence-electron chi connectivity index (χ1n) is 8.99. The summed E-state index contributed by atoms with van der Waals surface area (Å²) in [6.07, 6.45) is 1.74. The van der Waals surface area contributed by atoms with Crippen LogP contribution in [0.25, 0.3) is 11.3 Å². The van der Waals surface area contributed by atoms with Gasteiger partial charge in [-0.3, -0.25) is 10.2 Å². The molecule has 0 aliphatic rings. The van der Waals surface area contributed by atoms with Crippen LogP contribution in [0.3, 0.4) is 0 Å². The molecular weight excluding hydrogens is 408 g/mol. The molecule has 0 fully saturated rings. The number of nitrogens with one attached hydrogen (secondary N) is 2. The number of ether oxygens (including phenoxy) is 1. The summed E-state index contributed by atoms with van der Waals surface area (Å²) >= 11 is 7.69. The molecule has 3 aromatic rings. The molecule has 0 saturated carbocycles. The van der Waals surface area contributed by atoms with E-state index in [0.29, 0.717) is 15.9 Å². The number of nitrogens with zero attached hydrogens (tertiary/aromatic N) is 2. The third-order valence-corrected chi connectivity index (χ3v) is 4.74. The number of thiazole rings is 1. The fourth-order valence-electron chi connectivity index (χ4n) is 2.49. The van der Waals surface area contributed by atoms with Crippen molar-refractivity contribution in [2.45, 2.75) is 26.9 Å². The lowest BCUT2D eigenvalue weighted by Gasteiger charge is -2.11. The summed E-state index contributed by atoms with van der Waals surface area (Å²) in [4.78, 5) is 15.6. The van der Waals surface area contributed by atoms with E-state index in [1.165, 1.54) is 18.3 Å². The minimum absolute atomic E-state index is 0.0642. The fourth-order valence-corrected chi connectivity index (χ4v) is 3.40. The second-order valence-electron chi connectivity index (χ2n) is 6.52. The zero-order valence-corrected chi connectivity index (χ0v) is 17.8. The highest BCUT2D eigenvalue weighted by Crippen LogP contribution is 2.27. The number of hydrazone groups is 1. The van der Waals surface area contributed by atoms with Crippen LogP contribution in [0.15, 0.2) is 52.9 Å². The summed E-state index contributed by atoms with van der Waals surface area (Å²) in [5.41, 5.74) is 6.33. The number of hydrogen-bond donors (Lipinski definition) is 2. The topological polar surface area (TPSA) is 75.6 Å². The van der Waals surface area contributed by atoms with Gasteiger partial charge in [-0.25, -0.2) is 4.98 Å². The summed E-state index contributed by atoms with van der Waals surface area (Å²) in [6.45, 7) is 5.39. The SMILES string of the molecule is CC(=O)Nc1ccc(-c2csc(N/N=C\c3ccc(OC(C)C)c(Cl)c3)n2)cc1. The fraction of sp³-hybridized carbons (Fsp3) is 0.190. The molecule has 6 nitrogen and oxygen atoms in total. The standard InChI is InChI=1S/C21H21ClN4O2S/c1-13(2)28-20-9-4-15(10-18(20)22)11-23-26-21-25-19(12-29-21)16-5-7-17(8-6-16)24-14(3)27/h4-13H,1-3H3,(H,24,27)(H,25,26)/b23-11-. The highest BCUT2D eigenvalue weighted by Gasteiger charge is 2.06.